The number of fused-ring (bicyclic) bond motifs is 1. The monoisotopic (exact) mass is 365 g/mol. The van der Waals surface area contributed by atoms with Gasteiger partial charge in [0.25, 0.3) is 11.5 Å². The van der Waals surface area contributed by atoms with E-state index in [1.54, 1.807) is 18.5 Å². The van der Waals surface area contributed by atoms with E-state index in [4.69, 9.17) is 0 Å². The lowest BCUT2D eigenvalue weighted by Crippen LogP contribution is -2.28. The summed E-state index contributed by atoms with van der Waals surface area (Å²) in [6.07, 6.45) is 0. The Morgan fingerprint density at radius 3 is 2.72 bits per heavy atom. The van der Waals surface area contributed by atoms with Gasteiger partial charge in [0, 0.05) is 12.6 Å². The lowest BCUT2D eigenvalue weighted by Gasteiger charge is -2.16. The minimum Gasteiger partial charge on any atom is -0.435 e. The van der Waals surface area contributed by atoms with Crippen molar-refractivity contribution < 1.29 is 18.3 Å². The molecule has 0 spiro atoms. The molecule has 3 aromatic rings. The molecule has 0 aliphatic carbocycles. The van der Waals surface area contributed by atoms with Crippen LogP contribution in [0.3, 0.4) is 0 Å². The molecule has 0 fully saturated rings. The van der Waals surface area contributed by atoms with Crippen LogP contribution in [0, 0.1) is 0 Å². The highest BCUT2D eigenvalue weighted by atomic mass is 32.1. The molecule has 9 heteroatoms. The van der Waals surface area contributed by atoms with Gasteiger partial charge in [-0.2, -0.15) is 8.78 Å². The van der Waals surface area contributed by atoms with Crippen LogP contribution in [0.1, 0.15) is 16.2 Å². The molecule has 2 heterocycles. The largest absolute Gasteiger partial charge is 0.435 e. The fourth-order valence-electron chi connectivity index (χ4n) is 2.29. The van der Waals surface area contributed by atoms with E-state index in [1.807, 2.05) is 0 Å². The number of carbonyl (C=O) groups excluding carboxylic acids is 1. The van der Waals surface area contributed by atoms with Crippen LogP contribution in [-0.2, 0) is 6.54 Å². The van der Waals surface area contributed by atoms with Gasteiger partial charge < -0.3 is 14.6 Å². The number of benzene rings is 1. The lowest BCUT2D eigenvalue weighted by atomic mass is 10.2. The maximum Gasteiger partial charge on any atom is 0.387 e. The van der Waals surface area contributed by atoms with E-state index < -0.39 is 6.61 Å². The van der Waals surface area contributed by atoms with Crippen molar-refractivity contribution in [2.45, 2.75) is 13.2 Å². The molecule has 0 aliphatic heterocycles. The number of carbonyl (C=O) groups is 1. The van der Waals surface area contributed by atoms with Crippen LogP contribution in [0.2, 0.25) is 0 Å². The molecule has 1 amide bonds. The SMILES string of the molecule is CN(Cc1nc2ccsc2c(=O)[nH]1)C(=O)c1ccc(OC(F)F)cc1. The molecule has 0 saturated heterocycles. The predicted octanol–water partition coefficient (Wildman–Crippen LogP) is 2.86. The number of amides is 1. The highest BCUT2D eigenvalue weighted by Crippen LogP contribution is 2.17. The summed E-state index contributed by atoms with van der Waals surface area (Å²) in [5.41, 5.74) is 0.644. The Morgan fingerprint density at radius 2 is 2.04 bits per heavy atom. The van der Waals surface area contributed by atoms with Gasteiger partial charge in [0.2, 0.25) is 0 Å². The van der Waals surface area contributed by atoms with Crippen molar-refractivity contribution in [3.63, 3.8) is 0 Å². The van der Waals surface area contributed by atoms with Gasteiger partial charge in [0.1, 0.15) is 16.3 Å². The standard InChI is InChI=1S/C16H13F2N3O3S/c1-21(8-12-19-11-6-7-25-13(11)14(22)20-12)15(23)9-2-4-10(5-3-9)24-16(17)18/h2-7,16H,8H2,1H3,(H,19,20,22). The second-order valence-corrected chi connectivity index (χ2v) is 6.13. The number of hydrogen-bond donors (Lipinski definition) is 1. The number of hydrogen-bond acceptors (Lipinski definition) is 5. The molecular weight excluding hydrogens is 352 g/mol. The number of aromatic amines is 1. The van der Waals surface area contributed by atoms with Gasteiger partial charge in [-0.3, -0.25) is 9.59 Å². The van der Waals surface area contributed by atoms with Crippen molar-refractivity contribution in [3.8, 4) is 5.75 Å². The summed E-state index contributed by atoms with van der Waals surface area (Å²) in [7, 11) is 1.56. The Bertz CT molecular complexity index is 953. The van der Waals surface area contributed by atoms with Gasteiger partial charge in [-0.1, -0.05) is 0 Å². The topological polar surface area (TPSA) is 75.3 Å². The molecule has 25 heavy (non-hydrogen) atoms. The average molecular weight is 365 g/mol. The maximum atomic E-state index is 12.4. The molecule has 0 bridgehead atoms. The average Bonchev–Trinajstić information content (AvgIpc) is 3.03. The van der Waals surface area contributed by atoms with E-state index in [9.17, 15) is 18.4 Å². The van der Waals surface area contributed by atoms with E-state index in [0.717, 1.165) is 0 Å². The normalized spacial score (nSPS) is 11.0. The van der Waals surface area contributed by atoms with Crippen molar-refractivity contribution in [2.24, 2.45) is 0 Å². The number of halogens is 2. The Labute approximate surface area is 144 Å². The van der Waals surface area contributed by atoms with E-state index in [0.29, 0.717) is 21.6 Å². The zero-order valence-corrected chi connectivity index (χ0v) is 13.8. The first kappa shape index (κ1) is 17.0. The van der Waals surface area contributed by atoms with Gasteiger partial charge in [0.05, 0.1) is 12.1 Å². The fraction of sp³-hybridized carbons (Fsp3) is 0.188. The number of nitrogens with zero attached hydrogens (tertiary/aromatic N) is 2. The molecule has 1 N–H and O–H groups in total. The third-order valence-corrected chi connectivity index (χ3v) is 4.33. The summed E-state index contributed by atoms with van der Waals surface area (Å²) in [6, 6.07) is 7.13. The number of rotatable bonds is 5. The minimum absolute atomic E-state index is 0.0249. The number of ether oxygens (including phenoxy) is 1. The minimum atomic E-state index is -2.92. The molecule has 0 aliphatic rings. The summed E-state index contributed by atoms with van der Waals surface area (Å²) in [6.45, 7) is -2.81. The number of H-pyrrole nitrogens is 1. The van der Waals surface area contributed by atoms with Gasteiger partial charge in [-0.15, -0.1) is 11.3 Å². The molecule has 0 saturated carbocycles. The van der Waals surface area contributed by atoms with Gasteiger partial charge in [-0.25, -0.2) is 4.98 Å². The van der Waals surface area contributed by atoms with Gasteiger partial charge in [0.15, 0.2) is 0 Å². The van der Waals surface area contributed by atoms with Crippen LogP contribution in [0.5, 0.6) is 5.75 Å². The summed E-state index contributed by atoms with van der Waals surface area (Å²) < 4.78 is 29.1. The zero-order chi connectivity index (χ0) is 18.0. The third-order valence-electron chi connectivity index (χ3n) is 3.42. The van der Waals surface area contributed by atoms with Crippen LogP contribution in [0.15, 0.2) is 40.5 Å². The maximum absolute atomic E-state index is 12.4. The highest BCUT2D eigenvalue weighted by Gasteiger charge is 2.15. The molecule has 2 aromatic heterocycles. The molecule has 0 atom stereocenters. The molecule has 130 valence electrons. The van der Waals surface area contributed by atoms with Crippen LogP contribution in [0.25, 0.3) is 10.2 Å². The van der Waals surface area contributed by atoms with Crippen molar-refractivity contribution in [1.82, 2.24) is 14.9 Å². The molecule has 0 radical (unpaired) electrons. The Hall–Kier alpha value is -2.81. The fourth-order valence-corrected chi connectivity index (χ4v) is 3.02. The first-order chi connectivity index (χ1) is 11.9. The molecule has 3 rings (SSSR count). The van der Waals surface area contributed by atoms with Crippen LogP contribution < -0.4 is 10.3 Å². The molecular formula is C16H13F2N3O3S. The summed E-state index contributed by atoms with van der Waals surface area (Å²) in [4.78, 5) is 32.7. The molecule has 6 nitrogen and oxygen atoms in total. The second kappa shape index (κ2) is 6.98. The number of alkyl halides is 2. The first-order valence-corrected chi connectivity index (χ1v) is 8.09. The van der Waals surface area contributed by atoms with E-state index >= 15 is 0 Å². The summed E-state index contributed by atoms with van der Waals surface area (Å²) in [5, 5.41) is 1.77. The molecule has 1 aromatic carbocycles. The van der Waals surface area contributed by atoms with Crippen molar-refractivity contribution in [2.75, 3.05) is 7.05 Å². The predicted molar refractivity (Wildman–Crippen MR) is 89.1 cm³/mol. The number of thiophene rings is 1. The Kier molecular flexibility index (Phi) is 4.75. The first-order valence-electron chi connectivity index (χ1n) is 7.21. The van der Waals surface area contributed by atoms with Crippen molar-refractivity contribution >= 4 is 27.5 Å². The quantitative estimate of drug-likeness (QED) is 0.754. The van der Waals surface area contributed by atoms with Gasteiger partial charge in [-0.05, 0) is 35.7 Å². The van der Waals surface area contributed by atoms with Crippen LogP contribution in [0.4, 0.5) is 8.78 Å². The van der Waals surface area contributed by atoms with E-state index in [1.165, 1.54) is 40.5 Å². The second-order valence-electron chi connectivity index (χ2n) is 5.21. The zero-order valence-electron chi connectivity index (χ0n) is 13.0. The summed E-state index contributed by atoms with van der Waals surface area (Å²) >= 11 is 1.30. The Morgan fingerprint density at radius 1 is 1.32 bits per heavy atom. The molecule has 0 unspecified atom stereocenters. The number of aromatic nitrogens is 2. The summed E-state index contributed by atoms with van der Waals surface area (Å²) in [5.74, 6) is 0.00387. The van der Waals surface area contributed by atoms with Crippen molar-refractivity contribution in [1.29, 1.82) is 0 Å². The lowest BCUT2D eigenvalue weighted by molar-refractivity contribution is -0.0498. The van der Waals surface area contributed by atoms with Crippen LogP contribution in [-0.4, -0.2) is 34.4 Å². The van der Waals surface area contributed by atoms with Gasteiger partial charge >= 0.3 is 6.61 Å². The number of nitrogens with one attached hydrogen (secondary N) is 1. The van der Waals surface area contributed by atoms with E-state index in [-0.39, 0.29) is 23.8 Å². The smallest absolute Gasteiger partial charge is 0.387 e. The van der Waals surface area contributed by atoms with E-state index in [2.05, 4.69) is 14.7 Å². The van der Waals surface area contributed by atoms with Crippen molar-refractivity contribution in [3.05, 3.63) is 57.5 Å². The highest BCUT2D eigenvalue weighted by molar-refractivity contribution is 7.17. The Balaban J connectivity index is 1.74. The third kappa shape index (κ3) is 3.82. The van der Waals surface area contributed by atoms with Crippen LogP contribution >= 0.6 is 11.3 Å².